The van der Waals surface area contributed by atoms with Gasteiger partial charge in [0.15, 0.2) is 0 Å². The van der Waals surface area contributed by atoms with Crippen LogP contribution in [-0.2, 0) is 14.8 Å². The van der Waals surface area contributed by atoms with E-state index in [0.717, 1.165) is 30.4 Å². The first-order valence-electron chi connectivity index (χ1n) is 9.44. The van der Waals surface area contributed by atoms with Crippen LogP contribution in [0.5, 0.6) is 0 Å². The maximum atomic E-state index is 13.5. The molecule has 27 heavy (non-hydrogen) atoms. The number of nitrogens with one attached hydrogen (secondary N) is 1. The van der Waals surface area contributed by atoms with Gasteiger partial charge in [-0.3, -0.25) is 4.79 Å². The third-order valence-electron chi connectivity index (χ3n) is 4.77. The smallest absolute Gasteiger partial charge is 0.244 e. The summed E-state index contributed by atoms with van der Waals surface area (Å²) in [6.45, 7) is 6.80. The van der Waals surface area contributed by atoms with Crippen molar-refractivity contribution in [3.05, 3.63) is 41.2 Å². The molecule has 0 unspecified atom stereocenters. The molecule has 1 N–H and O–H groups in total. The molecule has 0 spiro atoms. The molecule has 1 fully saturated rings. The number of nitrogens with zero attached hydrogens (tertiary/aromatic N) is 1. The summed E-state index contributed by atoms with van der Waals surface area (Å²) in [5, 5.41) is 2.66. The zero-order valence-electron chi connectivity index (χ0n) is 16.3. The second-order valence-corrected chi connectivity index (χ2v) is 9.37. The molecule has 1 saturated heterocycles. The number of benzene rings is 1. The van der Waals surface area contributed by atoms with Gasteiger partial charge in [-0.05, 0) is 54.5 Å². The molecule has 0 radical (unpaired) electrons. The van der Waals surface area contributed by atoms with Gasteiger partial charge >= 0.3 is 0 Å². The van der Waals surface area contributed by atoms with E-state index >= 15 is 0 Å². The lowest BCUT2D eigenvalue weighted by atomic mass is 9.93. The molecule has 1 aliphatic heterocycles. The molecule has 0 saturated carbocycles. The van der Waals surface area contributed by atoms with Gasteiger partial charge in [0.1, 0.15) is 5.82 Å². The Labute approximate surface area is 161 Å². The standard InChI is InChI=1S/C20H29FN2O3S/c1-15(2)18(17-7-8-19(21)16(3)13-17)14-20(24)22-9-12-27(25,26)23-10-5-4-6-11-23/h7-8,13-15H,4-6,9-12H2,1-3H3,(H,22,24)/b18-14+. The van der Waals surface area contributed by atoms with Crippen molar-refractivity contribution in [1.82, 2.24) is 9.62 Å². The minimum Gasteiger partial charge on any atom is -0.351 e. The quantitative estimate of drug-likeness (QED) is 0.720. The van der Waals surface area contributed by atoms with Gasteiger partial charge in [-0.1, -0.05) is 26.3 Å². The number of rotatable bonds is 7. The van der Waals surface area contributed by atoms with E-state index in [0.29, 0.717) is 18.7 Å². The number of hydrogen-bond acceptors (Lipinski definition) is 3. The normalized spacial score (nSPS) is 16.6. The minimum atomic E-state index is -3.33. The molecule has 0 bridgehead atoms. The molecule has 0 aliphatic carbocycles. The van der Waals surface area contributed by atoms with Crippen molar-refractivity contribution in [2.75, 3.05) is 25.4 Å². The van der Waals surface area contributed by atoms with Gasteiger partial charge in [0.25, 0.3) is 0 Å². The Bertz CT molecular complexity index is 797. The minimum absolute atomic E-state index is 0.0673. The van der Waals surface area contributed by atoms with Crippen LogP contribution in [0.4, 0.5) is 4.39 Å². The Morgan fingerprint density at radius 2 is 1.93 bits per heavy atom. The van der Waals surface area contributed by atoms with Crippen molar-refractivity contribution in [2.45, 2.75) is 40.0 Å². The number of piperidine rings is 1. The summed E-state index contributed by atoms with van der Waals surface area (Å²) in [4.78, 5) is 12.3. The van der Waals surface area contributed by atoms with E-state index in [2.05, 4.69) is 5.32 Å². The molecule has 1 amide bonds. The SMILES string of the molecule is Cc1cc(/C(=C/C(=O)NCCS(=O)(=O)N2CCCCC2)C(C)C)ccc1F. The molecule has 0 aromatic heterocycles. The summed E-state index contributed by atoms with van der Waals surface area (Å²) in [7, 11) is -3.33. The average Bonchev–Trinajstić information content (AvgIpc) is 2.62. The number of aryl methyl sites for hydroxylation is 1. The first-order valence-corrected chi connectivity index (χ1v) is 11.1. The third-order valence-corrected chi connectivity index (χ3v) is 6.64. The molecule has 1 heterocycles. The van der Waals surface area contributed by atoms with Crippen molar-refractivity contribution in [3.63, 3.8) is 0 Å². The number of allylic oxidation sites excluding steroid dienone is 1. The fourth-order valence-electron chi connectivity index (χ4n) is 3.18. The van der Waals surface area contributed by atoms with Gasteiger partial charge < -0.3 is 5.32 Å². The number of hydrogen-bond donors (Lipinski definition) is 1. The Morgan fingerprint density at radius 1 is 1.26 bits per heavy atom. The van der Waals surface area contributed by atoms with Crippen molar-refractivity contribution in [2.24, 2.45) is 5.92 Å². The van der Waals surface area contributed by atoms with E-state index < -0.39 is 10.0 Å². The van der Waals surface area contributed by atoms with Gasteiger partial charge in [0, 0.05) is 25.7 Å². The molecule has 1 aliphatic rings. The predicted molar refractivity (Wildman–Crippen MR) is 106 cm³/mol. The van der Waals surface area contributed by atoms with Gasteiger partial charge in [-0.2, -0.15) is 0 Å². The Kier molecular flexibility index (Phi) is 7.56. The van der Waals surface area contributed by atoms with E-state index in [-0.39, 0.29) is 29.9 Å². The highest BCUT2D eigenvalue weighted by molar-refractivity contribution is 7.89. The summed E-state index contributed by atoms with van der Waals surface area (Å²) in [6.07, 6.45) is 4.32. The topological polar surface area (TPSA) is 66.5 Å². The average molecular weight is 397 g/mol. The summed E-state index contributed by atoms with van der Waals surface area (Å²) >= 11 is 0. The third kappa shape index (κ3) is 6.14. The van der Waals surface area contributed by atoms with Gasteiger partial charge in [-0.25, -0.2) is 17.1 Å². The number of carbonyl (C=O) groups is 1. The van der Waals surface area contributed by atoms with E-state index in [1.54, 1.807) is 19.1 Å². The first kappa shape index (κ1) is 21.6. The largest absolute Gasteiger partial charge is 0.351 e. The van der Waals surface area contributed by atoms with Crippen molar-refractivity contribution in [1.29, 1.82) is 0 Å². The fourth-order valence-corrected chi connectivity index (χ4v) is 4.61. The zero-order valence-corrected chi connectivity index (χ0v) is 17.1. The van der Waals surface area contributed by atoms with Crippen LogP contribution in [0.1, 0.15) is 44.2 Å². The van der Waals surface area contributed by atoms with Crippen LogP contribution in [0.2, 0.25) is 0 Å². The second-order valence-electron chi connectivity index (χ2n) is 7.29. The molecule has 2 rings (SSSR count). The van der Waals surface area contributed by atoms with Crippen LogP contribution < -0.4 is 5.32 Å². The maximum absolute atomic E-state index is 13.5. The van der Waals surface area contributed by atoms with E-state index in [1.165, 1.54) is 16.4 Å². The molecule has 0 atom stereocenters. The predicted octanol–water partition coefficient (Wildman–Crippen LogP) is 3.11. The van der Waals surface area contributed by atoms with Gasteiger partial charge in [0.2, 0.25) is 15.9 Å². The highest BCUT2D eigenvalue weighted by Crippen LogP contribution is 2.24. The zero-order chi connectivity index (χ0) is 20.0. The van der Waals surface area contributed by atoms with Crippen molar-refractivity contribution >= 4 is 21.5 Å². The van der Waals surface area contributed by atoms with Crippen LogP contribution in [0.3, 0.4) is 0 Å². The maximum Gasteiger partial charge on any atom is 0.244 e. The Morgan fingerprint density at radius 3 is 2.52 bits per heavy atom. The summed E-state index contributed by atoms with van der Waals surface area (Å²) < 4.78 is 39.6. The van der Waals surface area contributed by atoms with E-state index in [4.69, 9.17) is 0 Å². The second kappa shape index (κ2) is 9.46. The summed E-state index contributed by atoms with van der Waals surface area (Å²) in [6, 6.07) is 4.77. The van der Waals surface area contributed by atoms with Crippen LogP contribution in [-0.4, -0.2) is 44.0 Å². The molecule has 1 aromatic carbocycles. The fraction of sp³-hybridized carbons (Fsp3) is 0.550. The van der Waals surface area contributed by atoms with E-state index in [9.17, 15) is 17.6 Å². The van der Waals surface area contributed by atoms with Gasteiger partial charge in [-0.15, -0.1) is 0 Å². The summed E-state index contributed by atoms with van der Waals surface area (Å²) in [5.41, 5.74) is 2.10. The first-order chi connectivity index (χ1) is 12.7. The van der Waals surface area contributed by atoms with Crippen molar-refractivity contribution in [3.8, 4) is 0 Å². The Balaban J connectivity index is 1.99. The molecular weight excluding hydrogens is 367 g/mol. The number of halogens is 1. The lowest BCUT2D eigenvalue weighted by Gasteiger charge is -2.25. The molecule has 5 nitrogen and oxygen atoms in total. The highest BCUT2D eigenvalue weighted by Gasteiger charge is 2.23. The van der Waals surface area contributed by atoms with E-state index in [1.807, 2.05) is 13.8 Å². The van der Waals surface area contributed by atoms with Crippen LogP contribution in [0, 0.1) is 18.7 Å². The lowest BCUT2D eigenvalue weighted by molar-refractivity contribution is -0.116. The van der Waals surface area contributed by atoms with Crippen LogP contribution in [0.25, 0.3) is 5.57 Å². The molecular formula is C20H29FN2O3S. The number of amides is 1. The molecule has 150 valence electrons. The van der Waals surface area contributed by atoms with Gasteiger partial charge in [0.05, 0.1) is 5.75 Å². The summed E-state index contributed by atoms with van der Waals surface area (Å²) in [5.74, 6) is -0.652. The van der Waals surface area contributed by atoms with Crippen LogP contribution in [0.15, 0.2) is 24.3 Å². The number of sulfonamides is 1. The van der Waals surface area contributed by atoms with Crippen LogP contribution >= 0.6 is 0 Å². The molecule has 1 aromatic rings. The van der Waals surface area contributed by atoms with Crippen molar-refractivity contribution < 1.29 is 17.6 Å². The molecule has 7 heteroatoms. The Hall–Kier alpha value is -1.73. The lowest BCUT2D eigenvalue weighted by Crippen LogP contribution is -2.40. The number of carbonyl (C=O) groups excluding carboxylic acids is 1. The highest BCUT2D eigenvalue weighted by atomic mass is 32.2. The monoisotopic (exact) mass is 396 g/mol.